The van der Waals surface area contributed by atoms with Crippen molar-refractivity contribution >= 4 is 33.6 Å². The Bertz CT molecular complexity index is 484. The molecule has 0 aliphatic carbocycles. The number of aliphatic hydroxyl groups excluding tert-OH is 1. The van der Waals surface area contributed by atoms with Crippen LogP contribution in [0.25, 0.3) is 0 Å². The van der Waals surface area contributed by atoms with Crippen LogP contribution in [0.2, 0.25) is 0 Å². The zero-order valence-corrected chi connectivity index (χ0v) is 11.3. The third kappa shape index (κ3) is 4.84. The molecule has 0 radical (unpaired) electrons. The topological polar surface area (TPSA) is 98.7 Å². The third-order valence-corrected chi connectivity index (χ3v) is 2.84. The normalized spacial score (nSPS) is 11.7. The smallest absolute Gasteiger partial charge is 0.326 e. The number of nitrogens with one attached hydrogen (secondary N) is 2. The molecule has 0 fully saturated rings. The fraction of sp³-hybridized carbons (Fsp3) is 0.273. The number of halogens is 2. The second-order valence-electron chi connectivity index (χ2n) is 3.63. The average Bonchev–Trinajstić information content (AvgIpc) is 2.33. The van der Waals surface area contributed by atoms with Crippen LogP contribution in [0.5, 0.6) is 0 Å². The van der Waals surface area contributed by atoms with Gasteiger partial charge in [0.1, 0.15) is 11.9 Å². The van der Waals surface area contributed by atoms with Crippen molar-refractivity contribution < 1.29 is 24.2 Å². The third-order valence-electron chi connectivity index (χ3n) is 2.20. The Morgan fingerprint density at radius 3 is 2.63 bits per heavy atom. The summed E-state index contributed by atoms with van der Waals surface area (Å²) >= 11 is 2.97. The summed E-state index contributed by atoms with van der Waals surface area (Å²) in [4.78, 5) is 22.3. The summed E-state index contributed by atoms with van der Waals surface area (Å²) < 4.78 is 13.4. The molecule has 0 spiro atoms. The van der Waals surface area contributed by atoms with Gasteiger partial charge >= 0.3 is 12.0 Å². The largest absolute Gasteiger partial charge is 0.480 e. The van der Waals surface area contributed by atoms with E-state index in [1.54, 1.807) is 0 Å². The number of carboxylic acids is 1. The minimum Gasteiger partial charge on any atom is -0.480 e. The first kappa shape index (κ1) is 15.4. The number of aliphatic carboxylic acids is 1. The molecule has 1 aromatic carbocycles. The van der Waals surface area contributed by atoms with E-state index in [0.717, 1.165) is 6.07 Å². The van der Waals surface area contributed by atoms with Gasteiger partial charge in [-0.2, -0.15) is 0 Å². The van der Waals surface area contributed by atoms with E-state index >= 15 is 0 Å². The monoisotopic (exact) mass is 334 g/mol. The number of carbonyl (C=O) groups excluding carboxylic acids is 1. The number of amides is 2. The summed E-state index contributed by atoms with van der Waals surface area (Å²) in [7, 11) is 0. The fourth-order valence-corrected chi connectivity index (χ4v) is 1.53. The maximum Gasteiger partial charge on any atom is 0.326 e. The minimum absolute atomic E-state index is 0.114. The first-order valence-corrected chi connectivity index (χ1v) is 6.09. The molecule has 0 aliphatic rings. The number of anilines is 1. The Kier molecular flexibility index (Phi) is 5.71. The van der Waals surface area contributed by atoms with Gasteiger partial charge in [-0.05, 0) is 34.1 Å². The van der Waals surface area contributed by atoms with E-state index in [0.29, 0.717) is 0 Å². The van der Waals surface area contributed by atoms with Crippen molar-refractivity contribution in [1.29, 1.82) is 0 Å². The van der Waals surface area contributed by atoms with Crippen LogP contribution in [0.4, 0.5) is 14.9 Å². The number of carbonyl (C=O) groups is 2. The van der Waals surface area contributed by atoms with Crippen molar-refractivity contribution in [1.82, 2.24) is 5.32 Å². The van der Waals surface area contributed by atoms with E-state index < -0.39 is 23.9 Å². The Hall–Kier alpha value is -1.67. The van der Waals surface area contributed by atoms with Crippen LogP contribution in [0.15, 0.2) is 22.7 Å². The first-order valence-electron chi connectivity index (χ1n) is 5.30. The number of benzene rings is 1. The highest BCUT2D eigenvalue weighted by atomic mass is 79.9. The highest BCUT2D eigenvalue weighted by Crippen LogP contribution is 2.19. The lowest BCUT2D eigenvalue weighted by molar-refractivity contribution is -0.139. The van der Waals surface area contributed by atoms with Gasteiger partial charge in [0.15, 0.2) is 0 Å². The van der Waals surface area contributed by atoms with Crippen LogP contribution >= 0.6 is 15.9 Å². The maximum absolute atomic E-state index is 13.2. The first-order chi connectivity index (χ1) is 8.93. The van der Waals surface area contributed by atoms with Gasteiger partial charge in [-0.1, -0.05) is 0 Å². The van der Waals surface area contributed by atoms with Crippen LogP contribution in [-0.2, 0) is 4.79 Å². The van der Waals surface area contributed by atoms with Crippen molar-refractivity contribution in [2.24, 2.45) is 0 Å². The molecule has 0 aliphatic heterocycles. The highest BCUT2D eigenvalue weighted by Gasteiger charge is 2.19. The summed E-state index contributed by atoms with van der Waals surface area (Å²) in [6.07, 6.45) is -0.114. The second kappa shape index (κ2) is 7.05. The molecule has 6 nitrogen and oxygen atoms in total. The fourth-order valence-electron chi connectivity index (χ4n) is 1.29. The molecule has 0 saturated carbocycles. The van der Waals surface area contributed by atoms with Crippen molar-refractivity contribution in [2.75, 3.05) is 11.9 Å². The van der Waals surface area contributed by atoms with Gasteiger partial charge in [-0.25, -0.2) is 14.0 Å². The molecule has 1 aromatic rings. The van der Waals surface area contributed by atoms with E-state index in [-0.39, 0.29) is 23.2 Å². The molecule has 8 heteroatoms. The van der Waals surface area contributed by atoms with Crippen molar-refractivity contribution in [2.45, 2.75) is 12.5 Å². The van der Waals surface area contributed by atoms with E-state index in [1.165, 1.54) is 12.1 Å². The molecule has 104 valence electrons. The van der Waals surface area contributed by atoms with Gasteiger partial charge in [-0.3, -0.25) is 0 Å². The maximum atomic E-state index is 13.2. The summed E-state index contributed by atoms with van der Waals surface area (Å²) in [6, 6.07) is 1.96. The van der Waals surface area contributed by atoms with Gasteiger partial charge in [-0.15, -0.1) is 0 Å². The molecular weight excluding hydrogens is 323 g/mol. The Balaban J connectivity index is 2.63. The van der Waals surface area contributed by atoms with Crippen molar-refractivity contribution in [3.63, 3.8) is 0 Å². The van der Waals surface area contributed by atoms with Gasteiger partial charge in [0.05, 0.1) is 4.47 Å². The molecule has 0 heterocycles. The predicted octanol–water partition coefficient (Wildman–Crippen LogP) is 1.55. The number of aliphatic hydroxyl groups is 1. The van der Waals surface area contributed by atoms with E-state index in [4.69, 9.17) is 10.2 Å². The predicted molar refractivity (Wildman–Crippen MR) is 69.4 cm³/mol. The average molecular weight is 335 g/mol. The molecule has 19 heavy (non-hydrogen) atoms. The van der Waals surface area contributed by atoms with Crippen LogP contribution in [0.1, 0.15) is 6.42 Å². The van der Waals surface area contributed by atoms with Crippen LogP contribution in [0, 0.1) is 5.82 Å². The lowest BCUT2D eigenvalue weighted by Crippen LogP contribution is -2.43. The van der Waals surface area contributed by atoms with Crippen LogP contribution in [-0.4, -0.2) is 34.9 Å². The zero-order valence-electron chi connectivity index (χ0n) is 9.69. The van der Waals surface area contributed by atoms with Gasteiger partial charge in [0.2, 0.25) is 0 Å². The number of hydrogen-bond donors (Lipinski definition) is 4. The Morgan fingerprint density at radius 1 is 1.42 bits per heavy atom. The van der Waals surface area contributed by atoms with E-state index in [9.17, 15) is 14.0 Å². The molecule has 0 aromatic heterocycles. The van der Waals surface area contributed by atoms with Crippen LogP contribution < -0.4 is 10.6 Å². The summed E-state index contributed by atoms with van der Waals surface area (Å²) in [5.41, 5.74) is 0.186. The van der Waals surface area contributed by atoms with Gasteiger partial charge in [0.25, 0.3) is 0 Å². The molecule has 1 rings (SSSR count). The zero-order chi connectivity index (χ0) is 14.4. The van der Waals surface area contributed by atoms with E-state index in [1.807, 2.05) is 0 Å². The van der Waals surface area contributed by atoms with Gasteiger partial charge < -0.3 is 20.8 Å². The molecule has 1 atom stereocenters. The highest BCUT2D eigenvalue weighted by molar-refractivity contribution is 9.10. The number of rotatable bonds is 5. The molecule has 4 N–H and O–H groups in total. The lowest BCUT2D eigenvalue weighted by Gasteiger charge is -2.14. The molecular formula is C11H12BrFN2O4. The van der Waals surface area contributed by atoms with Crippen LogP contribution in [0.3, 0.4) is 0 Å². The van der Waals surface area contributed by atoms with E-state index in [2.05, 4.69) is 26.6 Å². The summed E-state index contributed by atoms with van der Waals surface area (Å²) in [5.74, 6) is -1.81. The number of carboxylic acid groups (broad SMARTS) is 1. The quantitative estimate of drug-likeness (QED) is 0.656. The SMILES string of the molecule is O=C(Nc1ccc(Br)c(F)c1)N[C@@H](CCO)C(=O)O. The summed E-state index contributed by atoms with van der Waals surface area (Å²) in [6.45, 7) is -0.371. The Morgan fingerprint density at radius 2 is 2.11 bits per heavy atom. The summed E-state index contributed by atoms with van der Waals surface area (Å²) in [5, 5.41) is 21.9. The lowest BCUT2D eigenvalue weighted by atomic mass is 10.2. The second-order valence-corrected chi connectivity index (χ2v) is 4.48. The van der Waals surface area contributed by atoms with Crippen molar-refractivity contribution in [3.8, 4) is 0 Å². The van der Waals surface area contributed by atoms with Gasteiger partial charge in [0, 0.05) is 18.7 Å². The molecule has 0 saturated heterocycles. The minimum atomic E-state index is -1.26. The molecule has 0 bridgehead atoms. The van der Waals surface area contributed by atoms with Crippen molar-refractivity contribution in [3.05, 3.63) is 28.5 Å². The Labute approximate surface area is 116 Å². The number of hydrogen-bond acceptors (Lipinski definition) is 3. The standard InChI is InChI=1S/C11H12BrFN2O4/c12-7-2-1-6(5-8(7)13)14-11(19)15-9(3-4-16)10(17)18/h1-2,5,9,16H,3-4H2,(H,17,18)(H2,14,15,19)/t9-/m0/s1. The molecule has 0 unspecified atom stereocenters. The number of urea groups is 1. The molecule has 2 amide bonds.